The third kappa shape index (κ3) is 4.25. The van der Waals surface area contributed by atoms with E-state index in [4.69, 9.17) is 10.5 Å². The molecule has 0 radical (unpaired) electrons. The lowest BCUT2D eigenvalue weighted by atomic mass is 10.0. The number of anilines is 1. The molecule has 0 spiro atoms. The summed E-state index contributed by atoms with van der Waals surface area (Å²) < 4.78 is 5.31. The molecule has 1 amide bonds. The summed E-state index contributed by atoms with van der Waals surface area (Å²) in [5.41, 5.74) is 5.59. The Bertz CT molecular complexity index is 386. The average molecular weight is 252 g/mol. The number of nitrogen functional groups attached to an aromatic ring is 1. The van der Waals surface area contributed by atoms with Crippen molar-refractivity contribution in [1.29, 1.82) is 0 Å². The second-order valence-corrected chi connectivity index (χ2v) is 4.48. The van der Waals surface area contributed by atoms with E-state index in [1.807, 2.05) is 6.92 Å². The quantitative estimate of drug-likeness (QED) is 0.657. The molecule has 1 aromatic rings. The van der Waals surface area contributed by atoms with Crippen LogP contribution in [0.3, 0.4) is 0 Å². The summed E-state index contributed by atoms with van der Waals surface area (Å²) >= 11 is 0. The second-order valence-electron chi connectivity index (χ2n) is 4.48. The molecule has 0 aliphatic rings. The van der Waals surface area contributed by atoms with Crippen LogP contribution in [-0.4, -0.2) is 29.8 Å². The molecule has 1 rings (SSSR count). The van der Waals surface area contributed by atoms with Gasteiger partial charge in [-0.3, -0.25) is 4.79 Å². The fraction of sp³-hybridized carbons (Fsp3) is 0.462. The van der Waals surface area contributed by atoms with Crippen LogP contribution in [0.4, 0.5) is 5.69 Å². The zero-order valence-corrected chi connectivity index (χ0v) is 10.8. The molecule has 100 valence electrons. The van der Waals surface area contributed by atoms with Crippen molar-refractivity contribution in [2.75, 3.05) is 18.9 Å². The van der Waals surface area contributed by atoms with Gasteiger partial charge in [0.1, 0.15) is 5.75 Å². The standard InChI is InChI=1S/C13H20N2O3/c1-3-13(2,9-16)15-12(17)8-18-11-6-4-10(14)5-7-11/h4-7,16H,3,8-9,14H2,1-2H3,(H,15,17). The molecule has 5 nitrogen and oxygen atoms in total. The summed E-state index contributed by atoms with van der Waals surface area (Å²) in [6.07, 6.45) is 0.650. The molecular formula is C13H20N2O3. The van der Waals surface area contributed by atoms with Gasteiger partial charge in [-0.15, -0.1) is 0 Å². The molecule has 4 N–H and O–H groups in total. The van der Waals surface area contributed by atoms with E-state index in [1.54, 1.807) is 31.2 Å². The topological polar surface area (TPSA) is 84.6 Å². The van der Waals surface area contributed by atoms with Gasteiger partial charge in [-0.25, -0.2) is 0 Å². The lowest BCUT2D eigenvalue weighted by molar-refractivity contribution is -0.125. The third-order valence-electron chi connectivity index (χ3n) is 2.82. The molecule has 0 aliphatic heterocycles. The average Bonchev–Trinajstić information content (AvgIpc) is 2.38. The van der Waals surface area contributed by atoms with Crippen LogP contribution >= 0.6 is 0 Å². The number of carbonyl (C=O) groups excluding carboxylic acids is 1. The Hall–Kier alpha value is -1.75. The van der Waals surface area contributed by atoms with Crippen LogP contribution < -0.4 is 15.8 Å². The van der Waals surface area contributed by atoms with Gasteiger partial charge >= 0.3 is 0 Å². The van der Waals surface area contributed by atoms with Crippen LogP contribution in [-0.2, 0) is 4.79 Å². The Morgan fingerprint density at radius 1 is 1.44 bits per heavy atom. The molecule has 1 aromatic carbocycles. The maximum Gasteiger partial charge on any atom is 0.258 e. The predicted octanol–water partition coefficient (Wildman–Crippen LogP) is 0.925. The summed E-state index contributed by atoms with van der Waals surface area (Å²) in [4.78, 5) is 11.6. The van der Waals surface area contributed by atoms with Crippen LogP contribution in [0.2, 0.25) is 0 Å². The molecule has 0 saturated carbocycles. The van der Waals surface area contributed by atoms with Gasteiger partial charge in [0, 0.05) is 5.69 Å². The lowest BCUT2D eigenvalue weighted by Crippen LogP contribution is -2.49. The Balaban J connectivity index is 2.44. The van der Waals surface area contributed by atoms with Crippen LogP contribution in [0, 0.1) is 0 Å². The minimum Gasteiger partial charge on any atom is -0.484 e. The fourth-order valence-electron chi connectivity index (χ4n) is 1.33. The normalized spacial score (nSPS) is 13.7. The van der Waals surface area contributed by atoms with Crippen molar-refractivity contribution in [2.24, 2.45) is 0 Å². The molecular weight excluding hydrogens is 232 g/mol. The molecule has 0 bridgehead atoms. The molecule has 0 saturated heterocycles. The molecule has 5 heteroatoms. The largest absolute Gasteiger partial charge is 0.484 e. The SMILES string of the molecule is CCC(C)(CO)NC(=O)COc1ccc(N)cc1. The number of hydrogen-bond donors (Lipinski definition) is 3. The molecule has 0 heterocycles. The minimum atomic E-state index is -0.596. The van der Waals surface area contributed by atoms with Crippen molar-refractivity contribution >= 4 is 11.6 Å². The van der Waals surface area contributed by atoms with Crippen LogP contribution in [0.1, 0.15) is 20.3 Å². The first-order chi connectivity index (χ1) is 8.49. The summed E-state index contributed by atoms with van der Waals surface area (Å²) in [6, 6.07) is 6.82. The maximum atomic E-state index is 11.6. The Labute approximate surface area is 107 Å². The molecule has 0 fully saturated rings. The molecule has 1 unspecified atom stereocenters. The first-order valence-corrected chi connectivity index (χ1v) is 5.89. The number of ether oxygens (including phenoxy) is 1. The number of aliphatic hydroxyl groups excluding tert-OH is 1. The van der Waals surface area contributed by atoms with E-state index in [-0.39, 0.29) is 19.1 Å². The van der Waals surface area contributed by atoms with E-state index < -0.39 is 5.54 Å². The smallest absolute Gasteiger partial charge is 0.258 e. The van der Waals surface area contributed by atoms with Crippen LogP contribution in [0.5, 0.6) is 5.75 Å². The molecule has 0 aromatic heterocycles. The third-order valence-corrected chi connectivity index (χ3v) is 2.82. The van der Waals surface area contributed by atoms with Gasteiger partial charge in [-0.2, -0.15) is 0 Å². The van der Waals surface area contributed by atoms with Gasteiger partial charge in [-0.1, -0.05) is 6.92 Å². The predicted molar refractivity (Wildman–Crippen MR) is 70.3 cm³/mol. The van der Waals surface area contributed by atoms with Crippen molar-refractivity contribution in [1.82, 2.24) is 5.32 Å². The first-order valence-electron chi connectivity index (χ1n) is 5.89. The highest BCUT2D eigenvalue weighted by molar-refractivity contribution is 5.78. The van der Waals surface area contributed by atoms with E-state index in [0.29, 0.717) is 17.9 Å². The Morgan fingerprint density at radius 3 is 2.56 bits per heavy atom. The van der Waals surface area contributed by atoms with Crippen molar-refractivity contribution in [3.63, 3.8) is 0 Å². The summed E-state index contributed by atoms with van der Waals surface area (Å²) in [7, 11) is 0. The molecule has 18 heavy (non-hydrogen) atoms. The zero-order valence-electron chi connectivity index (χ0n) is 10.8. The number of hydrogen-bond acceptors (Lipinski definition) is 4. The van der Waals surface area contributed by atoms with Crippen molar-refractivity contribution in [3.05, 3.63) is 24.3 Å². The fourth-order valence-corrected chi connectivity index (χ4v) is 1.33. The Morgan fingerprint density at radius 2 is 2.06 bits per heavy atom. The number of nitrogens with two attached hydrogens (primary N) is 1. The van der Waals surface area contributed by atoms with Crippen LogP contribution in [0.25, 0.3) is 0 Å². The number of rotatable bonds is 6. The molecule has 1 atom stereocenters. The van der Waals surface area contributed by atoms with Gasteiger partial charge in [-0.05, 0) is 37.6 Å². The van der Waals surface area contributed by atoms with E-state index in [2.05, 4.69) is 5.32 Å². The number of benzene rings is 1. The number of carbonyl (C=O) groups is 1. The number of aliphatic hydroxyl groups is 1. The number of nitrogens with one attached hydrogen (secondary N) is 1. The van der Waals surface area contributed by atoms with E-state index >= 15 is 0 Å². The van der Waals surface area contributed by atoms with Gasteiger partial charge in [0.05, 0.1) is 12.1 Å². The second kappa shape index (κ2) is 6.26. The number of amides is 1. The van der Waals surface area contributed by atoms with Crippen molar-refractivity contribution in [2.45, 2.75) is 25.8 Å². The highest BCUT2D eigenvalue weighted by Gasteiger charge is 2.23. The highest BCUT2D eigenvalue weighted by Crippen LogP contribution is 2.13. The van der Waals surface area contributed by atoms with E-state index in [0.717, 1.165) is 0 Å². The zero-order chi connectivity index (χ0) is 13.6. The monoisotopic (exact) mass is 252 g/mol. The van der Waals surface area contributed by atoms with Crippen molar-refractivity contribution < 1.29 is 14.6 Å². The van der Waals surface area contributed by atoms with Gasteiger partial charge < -0.3 is 20.9 Å². The molecule has 0 aliphatic carbocycles. The maximum absolute atomic E-state index is 11.6. The van der Waals surface area contributed by atoms with Crippen molar-refractivity contribution in [3.8, 4) is 5.75 Å². The van der Waals surface area contributed by atoms with Gasteiger partial charge in [0.25, 0.3) is 5.91 Å². The van der Waals surface area contributed by atoms with Gasteiger partial charge in [0.15, 0.2) is 6.61 Å². The van der Waals surface area contributed by atoms with Gasteiger partial charge in [0.2, 0.25) is 0 Å². The first kappa shape index (κ1) is 14.3. The summed E-state index contributed by atoms with van der Waals surface area (Å²) in [5, 5.41) is 11.9. The van der Waals surface area contributed by atoms with E-state index in [1.165, 1.54) is 0 Å². The Kier molecular flexibility index (Phi) is 4.97. The van der Waals surface area contributed by atoms with E-state index in [9.17, 15) is 9.90 Å². The van der Waals surface area contributed by atoms with Crippen LogP contribution in [0.15, 0.2) is 24.3 Å². The minimum absolute atomic E-state index is 0.0838. The summed E-state index contributed by atoms with van der Waals surface area (Å²) in [5.74, 6) is 0.326. The summed E-state index contributed by atoms with van der Waals surface area (Å²) in [6.45, 7) is 3.50. The highest BCUT2D eigenvalue weighted by atomic mass is 16.5. The lowest BCUT2D eigenvalue weighted by Gasteiger charge is -2.27.